The van der Waals surface area contributed by atoms with Crippen LogP contribution in [0.15, 0.2) is 59.7 Å². The van der Waals surface area contributed by atoms with Crippen LogP contribution in [-0.2, 0) is 31.5 Å². The maximum atomic E-state index is 13.5. The molecule has 200 valence electrons. The van der Waals surface area contributed by atoms with E-state index in [-0.39, 0.29) is 43.0 Å². The van der Waals surface area contributed by atoms with Gasteiger partial charge >= 0.3 is 7.60 Å². The number of fused-ring (bicyclic) bond motifs is 1. The number of benzene rings is 2. The first kappa shape index (κ1) is 27.6. The summed E-state index contributed by atoms with van der Waals surface area (Å²) in [6.45, 7) is -0.140. The summed E-state index contributed by atoms with van der Waals surface area (Å²) in [5, 5.41) is 0.488. The molecule has 0 aliphatic carbocycles. The molecule has 0 saturated carbocycles. The third-order valence-corrected chi connectivity index (χ3v) is 7.36. The smallest absolute Gasteiger partial charge is 0.333 e. The summed E-state index contributed by atoms with van der Waals surface area (Å²) in [6.07, 6.45) is 1.30. The topological polar surface area (TPSA) is 151 Å². The highest BCUT2D eigenvalue weighted by molar-refractivity contribution is 7.53. The number of H-pyrrole nitrogens is 1. The van der Waals surface area contributed by atoms with E-state index >= 15 is 0 Å². The Morgan fingerprint density at radius 1 is 1.16 bits per heavy atom. The Morgan fingerprint density at radius 3 is 2.71 bits per heavy atom. The van der Waals surface area contributed by atoms with Gasteiger partial charge in [-0.3, -0.25) is 19.1 Å². The van der Waals surface area contributed by atoms with Gasteiger partial charge in [-0.15, -0.1) is 0 Å². The van der Waals surface area contributed by atoms with Crippen LogP contribution in [0.4, 0.5) is 10.3 Å². The van der Waals surface area contributed by atoms with Gasteiger partial charge in [0.1, 0.15) is 12.4 Å². The van der Waals surface area contributed by atoms with Crippen LogP contribution in [-0.4, -0.2) is 51.3 Å². The van der Waals surface area contributed by atoms with E-state index in [0.29, 0.717) is 22.8 Å². The largest absolute Gasteiger partial charge is 0.379 e. The van der Waals surface area contributed by atoms with Crippen LogP contribution < -0.4 is 11.3 Å². The summed E-state index contributed by atoms with van der Waals surface area (Å²) in [5.74, 6) is -0.994. The molecule has 2 aromatic carbocycles. The summed E-state index contributed by atoms with van der Waals surface area (Å²) >= 11 is 6.01. The van der Waals surface area contributed by atoms with Gasteiger partial charge in [-0.25, -0.2) is 9.37 Å². The number of nitrogens with one attached hydrogen (secondary N) is 1. The minimum atomic E-state index is -3.79. The average Bonchev–Trinajstić information content (AvgIpc) is 3.29. The number of nitrogens with zero attached hydrogens (tertiary/aromatic N) is 3. The Hall–Kier alpha value is -3.41. The monoisotopic (exact) mass is 563 g/mol. The van der Waals surface area contributed by atoms with Gasteiger partial charge in [0.25, 0.3) is 5.56 Å². The van der Waals surface area contributed by atoms with Crippen LogP contribution in [0.25, 0.3) is 11.2 Å². The molecule has 14 heteroatoms. The molecule has 0 aliphatic rings. The molecule has 1 atom stereocenters. The second kappa shape index (κ2) is 12.4. The van der Waals surface area contributed by atoms with Crippen molar-refractivity contribution in [3.8, 4) is 0 Å². The Labute approximate surface area is 221 Å². The van der Waals surface area contributed by atoms with E-state index in [2.05, 4.69) is 15.0 Å². The van der Waals surface area contributed by atoms with Gasteiger partial charge in [-0.05, 0) is 42.0 Å². The molecule has 2 aromatic heterocycles. The highest BCUT2D eigenvalue weighted by Crippen LogP contribution is 2.48. The lowest BCUT2D eigenvalue weighted by atomic mass is 10.1. The standard InChI is InChI=1S/C24H24ClFN5O6P/c25-18-3-1-2-16(12-18)13-36-38(34,37-14-20(32)17-4-6-19(26)7-5-17)11-10-35-9-8-31-15-28-21-22(31)29-24(27)30-23(21)33/h1-7,12,15H,8-11,13-14H2,(H3,27,29,30,33). The summed E-state index contributed by atoms with van der Waals surface area (Å²) < 4.78 is 44.9. The Balaban J connectivity index is 1.35. The van der Waals surface area contributed by atoms with E-state index in [0.717, 1.165) is 12.1 Å². The van der Waals surface area contributed by atoms with Crippen molar-refractivity contribution in [1.82, 2.24) is 19.5 Å². The molecule has 4 aromatic rings. The van der Waals surface area contributed by atoms with Crippen molar-refractivity contribution in [3.05, 3.63) is 87.2 Å². The van der Waals surface area contributed by atoms with E-state index in [4.69, 9.17) is 31.1 Å². The SMILES string of the molecule is Nc1nc2c(ncn2CCOCCP(=O)(OCC(=O)c2ccc(F)cc2)OCc2cccc(Cl)c2)c(=O)[nH]1. The number of nitrogen functional groups attached to an aromatic ring is 1. The van der Waals surface area contributed by atoms with Crippen LogP contribution in [0.3, 0.4) is 0 Å². The zero-order valence-corrected chi connectivity index (χ0v) is 21.7. The molecule has 3 N–H and O–H groups in total. The fraction of sp³-hybridized carbons (Fsp3) is 0.250. The van der Waals surface area contributed by atoms with Gasteiger partial charge in [-0.2, -0.15) is 4.98 Å². The van der Waals surface area contributed by atoms with E-state index < -0.39 is 31.4 Å². The van der Waals surface area contributed by atoms with Crippen LogP contribution in [0.1, 0.15) is 15.9 Å². The fourth-order valence-corrected chi connectivity index (χ4v) is 4.98. The van der Waals surface area contributed by atoms with Gasteiger partial charge in [-0.1, -0.05) is 23.7 Å². The molecule has 4 rings (SSSR count). The molecule has 0 bridgehead atoms. The van der Waals surface area contributed by atoms with E-state index in [1.807, 2.05) is 0 Å². The maximum Gasteiger partial charge on any atom is 0.333 e. The number of ketones is 1. The van der Waals surface area contributed by atoms with Gasteiger partial charge in [0.15, 0.2) is 16.9 Å². The number of hydrogen-bond donors (Lipinski definition) is 2. The third kappa shape index (κ3) is 7.33. The molecular weight excluding hydrogens is 540 g/mol. The number of rotatable bonds is 13. The number of nitrogens with two attached hydrogens (primary N) is 1. The summed E-state index contributed by atoms with van der Waals surface area (Å²) in [7, 11) is -3.79. The molecule has 0 radical (unpaired) electrons. The quantitative estimate of drug-likeness (QED) is 0.140. The van der Waals surface area contributed by atoms with Gasteiger partial charge in [0.2, 0.25) is 5.95 Å². The predicted molar refractivity (Wildman–Crippen MR) is 139 cm³/mol. The molecule has 0 fully saturated rings. The number of carbonyl (C=O) groups excluding carboxylic acids is 1. The van der Waals surface area contributed by atoms with Crippen LogP contribution in [0.2, 0.25) is 5.02 Å². The minimum Gasteiger partial charge on any atom is -0.379 e. The van der Waals surface area contributed by atoms with Crippen LogP contribution in [0, 0.1) is 5.82 Å². The number of halogens is 2. The minimum absolute atomic E-state index is 0.0135. The van der Waals surface area contributed by atoms with Crippen LogP contribution >= 0.6 is 19.2 Å². The van der Waals surface area contributed by atoms with Crippen molar-refractivity contribution in [2.75, 3.05) is 31.7 Å². The highest BCUT2D eigenvalue weighted by atomic mass is 35.5. The van der Waals surface area contributed by atoms with Crippen molar-refractivity contribution in [2.45, 2.75) is 13.2 Å². The number of hydrogen-bond acceptors (Lipinski definition) is 9. The first-order chi connectivity index (χ1) is 18.2. The van der Waals surface area contributed by atoms with Crippen molar-refractivity contribution in [3.63, 3.8) is 0 Å². The number of imidazole rings is 1. The zero-order valence-electron chi connectivity index (χ0n) is 20.0. The zero-order chi connectivity index (χ0) is 27.1. The molecule has 0 aliphatic heterocycles. The van der Waals surface area contributed by atoms with E-state index in [1.54, 1.807) is 28.8 Å². The number of aromatic nitrogens is 4. The third-order valence-electron chi connectivity index (χ3n) is 5.35. The summed E-state index contributed by atoms with van der Waals surface area (Å²) in [6, 6.07) is 11.8. The molecule has 1 unspecified atom stereocenters. The second-order valence-corrected chi connectivity index (χ2v) is 10.7. The predicted octanol–water partition coefficient (Wildman–Crippen LogP) is 3.82. The Kier molecular flexibility index (Phi) is 9.03. The van der Waals surface area contributed by atoms with Crippen molar-refractivity contribution < 1.29 is 27.5 Å². The lowest BCUT2D eigenvalue weighted by Gasteiger charge is -2.19. The molecule has 2 heterocycles. The Bertz CT molecular complexity index is 1530. The molecule has 11 nitrogen and oxygen atoms in total. The molecule has 0 spiro atoms. The summed E-state index contributed by atoms with van der Waals surface area (Å²) in [4.78, 5) is 34.9. The number of Topliss-reactive ketones (excluding diaryl/α,β-unsaturated/α-hetero) is 1. The molecule has 38 heavy (non-hydrogen) atoms. The summed E-state index contributed by atoms with van der Waals surface area (Å²) in [5.41, 5.74) is 6.50. The number of anilines is 1. The van der Waals surface area contributed by atoms with Crippen LogP contribution in [0.5, 0.6) is 0 Å². The normalized spacial score (nSPS) is 13.0. The molecule has 0 saturated heterocycles. The van der Waals surface area contributed by atoms with Gasteiger partial charge in [0.05, 0.1) is 32.3 Å². The van der Waals surface area contributed by atoms with Crippen molar-refractivity contribution >= 4 is 42.1 Å². The van der Waals surface area contributed by atoms with E-state index in [9.17, 15) is 18.5 Å². The Morgan fingerprint density at radius 2 is 1.95 bits per heavy atom. The lowest BCUT2D eigenvalue weighted by molar-refractivity contribution is 0.0885. The van der Waals surface area contributed by atoms with Gasteiger partial charge in [0, 0.05) is 17.1 Å². The number of carbonyl (C=O) groups is 1. The highest BCUT2D eigenvalue weighted by Gasteiger charge is 2.26. The average molecular weight is 564 g/mol. The first-order valence-corrected chi connectivity index (χ1v) is 13.5. The number of aromatic amines is 1. The second-order valence-electron chi connectivity index (χ2n) is 8.12. The maximum absolute atomic E-state index is 13.5. The number of ether oxygens (including phenoxy) is 1. The van der Waals surface area contributed by atoms with Gasteiger partial charge < -0.3 is 24.1 Å². The molecular formula is C24H24ClFN5O6P. The van der Waals surface area contributed by atoms with E-state index in [1.165, 1.54) is 18.5 Å². The van der Waals surface area contributed by atoms with Crippen molar-refractivity contribution in [1.29, 1.82) is 0 Å². The first-order valence-electron chi connectivity index (χ1n) is 11.4. The van der Waals surface area contributed by atoms with Crippen molar-refractivity contribution in [2.24, 2.45) is 0 Å². The fourth-order valence-electron chi connectivity index (χ4n) is 3.42. The lowest BCUT2D eigenvalue weighted by Crippen LogP contribution is -2.15. The molecule has 0 amide bonds.